The minimum Gasteiger partial charge on any atom is -0.389 e. The van der Waals surface area contributed by atoms with E-state index >= 15 is 0 Å². The maximum absolute atomic E-state index is 11.2. The summed E-state index contributed by atoms with van der Waals surface area (Å²) in [7, 11) is 0. The van der Waals surface area contributed by atoms with Crippen molar-refractivity contribution in [2.24, 2.45) is 11.7 Å². The molecule has 5 nitrogen and oxygen atoms in total. The SMILES string of the molecule is CC(O)c1ccc(N2CCCC(C(N)=O)C2)nc1. The van der Waals surface area contributed by atoms with Gasteiger partial charge in [0.1, 0.15) is 5.82 Å². The summed E-state index contributed by atoms with van der Waals surface area (Å²) in [6.07, 6.45) is 2.98. The molecule has 1 fully saturated rings. The maximum atomic E-state index is 11.2. The summed E-state index contributed by atoms with van der Waals surface area (Å²) in [5, 5.41) is 9.42. The van der Waals surface area contributed by atoms with E-state index in [2.05, 4.69) is 9.88 Å². The van der Waals surface area contributed by atoms with Gasteiger partial charge in [0, 0.05) is 19.3 Å². The lowest BCUT2D eigenvalue weighted by molar-refractivity contribution is -0.122. The molecule has 2 heterocycles. The number of amides is 1. The van der Waals surface area contributed by atoms with E-state index in [1.165, 1.54) is 0 Å². The van der Waals surface area contributed by atoms with Gasteiger partial charge in [0.05, 0.1) is 12.0 Å². The third-order valence-corrected chi connectivity index (χ3v) is 3.40. The van der Waals surface area contributed by atoms with Gasteiger partial charge in [-0.15, -0.1) is 0 Å². The van der Waals surface area contributed by atoms with Crippen LogP contribution in [-0.4, -0.2) is 29.1 Å². The van der Waals surface area contributed by atoms with Crippen LogP contribution in [0.5, 0.6) is 0 Å². The summed E-state index contributed by atoms with van der Waals surface area (Å²) < 4.78 is 0. The van der Waals surface area contributed by atoms with E-state index in [0.717, 1.165) is 30.8 Å². The first-order chi connectivity index (χ1) is 8.58. The molecule has 0 bridgehead atoms. The Hall–Kier alpha value is -1.62. The number of aliphatic hydroxyl groups is 1. The molecule has 5 heteroatoms. The maximum Gasteiger partial charge on any atom is 0.222 e. The zero-order valence-corrected chi connectivity index (χ0v) is 10.5. The van der Waals surface area contributed by atoms with Gasteiger partial charge in [-0.2, -0.15) is 0 Å². The number of rotatable bonds is 3. The van der Waals surface area contributed by atoms with Crippen molar-refractivity contribution < 1.29 is 9.90 Å². The van der Waals surface area contributed by atoms with E-state index < -0.39 is 6.10 Å². The van der Waals surface area contributed by atoms with Crippen molar-refractivity contribution in [1.29, 1.82) is 0 Å². The lowest BCUT2D eigenvalue weighted by atomic mass is 9.97. The highest BCUT2D eigenvalue weighted by Crippen LogP contribution is 2.22. The fraction of sp³-hybridized carbons (Fsp3) is 0.538. The van der Waals surface area contributed by atoms with Crippen molar-refractivity contribution in [2.45, 2.75) is 25.9 Å². The highest BCUT2D eigenvalue weighted by atomic mass is 16.3. The second-order valence-electron chi connectivity index (χ2n) is 4.81. The van der Waals surface area contributed by atoms with E-state index in [0.29, 0.717) is 6.54 Å². The van der Waals surface area contributed by atoms with Crippen LogP contribution in [-0.2, 0) is 4.79 Å². The summed E-state index contributed by atoms with van der Waals surface area (Å²) in [5.74, 6) is 0.516. The quantitative estimate of drug-likeness (QED) is 0.831. The minimum absolute atomic E-state index is 0.0861. The van der Waals surface area contributed by atoms with Gasteiger partial charge in [-0.25, -0.2) is 4.98 Å². The molecule has 0 aliphatic carbocycles. The monoisotopic (exact) mass is 249 g/mol. The fourth-order valence-electron chi connectivity index (χ4n) is 2.25. The second kappa shape index (κ2) is 5.35. The normalized spacial score (nSPS) is 21.7. The molecule has 1 aromatic heterocycles. The molecular formula is C13H19N3O2. The third-order valence-electron chi connectivity index (χ3n) is 3.40. The van der Waals surface area contributed by atoms with E-state index in [1.807, 2.05) is 12.1 Å². The van der Waals surface area contributed by atoms with Crippen molar-refractivity contribution in [2.75, 3.05) is 18.0 Å². The summed E-state index contributed by atoms with van der Waals surface area (Å²) in [6, 6.07) is 3.74. The number of aromatic nitrogens is 1. The summed E-state index contributed by atoms with van der Waals surface area (Å²) >= 11 is 0. The Morgan fingerprint density at radius 1 is 1.61 bits per heavy atom. The van der Waals surface area contributed by atoms with Crippen molar-refractivity contribution >= 4 is 11.7 Å². The number of carbonyl (C=O) groups is 1. The van der Waals surface area contributed by atoms with Crippen LogP contribution in [0.3, 0.4) is 0 Å². The van der Waals surface area contributed by atoms with Crippen LogP contribution in [0, 0.1) is 5.92 Å². The Kier molecular flexibility index (Phi) is 3.81. The minimum atomic E-state index is -0.508. The number of piperidine rings is 1. The Labute approximate surface area is 107 Å². The van der Waals surface area contributed by atoms with Crippen LogP contribution in [0.25, 0.3) is 0 Å². The first kappa shape index (κ1) is 12.8. The molecule has 1 aliphatic rings. The molecule has 98 valence electrons. The number of primary amides is 1. The van der Waals surface area contributed by atoms with Crippen LogP contribution in [0.2, 0.25) is 0 Å². The second-order valence-corrected chi connectivity index (χ2v) is 4.81. The zero-order chi connectivity index (χ0) is 13.1. The first-order valence-electron chi connectivity index (χ1n) is 6.26. The molecule has 2 atom stereocenters. The Bertz CT molecular complexity index is 417. The molecule has 2 unspecified atom stereocenters. The Morgan fingerprint density at radius 3 is 2.94 bits per heavy atom. The highest BCUT2D eigenvalue weighted by molar-refractivity contribution is 5.77. The van der Waals surface area contributed by atoms with E-state index in [1.54, 1.807) is 13.1 Å². The van der Waals surface area contributed by atoms with Gasteiger partial charge >= 0.3 is 0 Å². The van der Waals surface area contributed by atoms with Crippen molar-refractivity contribution in [3.05, 3.63) is 23.9 Å². The van der Waals surface area contributed by atoms with E-state index in [9.17, 15) is 9.90 Å². The average Bonchev–Trinajstić information content (AvgIpc) is 2.39. The van der Waals surface area contributed by atoms with Gasteiger partial charge in [-0.1, -0.05) is 6.07 Å². The van der Waals surface area contributed by atoms with E-state index in [-0.39, 0.29) is 11.8 Å². The average molecular weight is 249 g/mol. The molecule has 1 aromatic rings. The molecule has 0 spiro atoms. The molecule has 2 rings (SSSR count). The van der Waals surface area contributed by atoms with Crippen LogP contribution < -0.4 is 10.6 Å². The standard InChI is InChI=1S/C13H19N3O2/c1-9(17)10-4-5-12(15-7-10)16-6-2-3-11(8-16)13(14)18/h4-5,7,9,11,17H,2-3,6,8H2,1H3,(H2,14,18). The zero-order valence-electron chi connectivity index (χ0n) is 10.5. The highest BCUT2D eigenvalue weighted by Gasteiger charge is 2.24. The first-order valence-corrected chi connectivity index (χ1v) is 6.26. The van der Waals surface area contributed by atoms with Gasteiger partial charge in [-0.05, 0) is 31.4 Å². The number of anilines is 1. The van der Waals surface area contributed by atoms with Gasteiger partial charge in [0.2, 0.25) is 5.91 Å². The van der Waals surface area contributed by atoms with Crippen molar-refractivity contribution in [3.8, 4) is 0 Å². The lowest BCUT2D eigenvalue weighted by Gasteiger charge is -2.32. The van der Waals surface area contributed by atoms with Crippen LogP contribution in [0.1, 0.15) is 31.4 Å². The predicted octanol–water partition coefficient (Wildman–Crippen LogP) is 0.837. The fourth-order valence-corrected chi connectivity index (χ4v) is 2.25. The van der Waals surface area contributed by atoms with Gasteiger partial charge < -0.3 is 15.7 Å². The van der Waals surface area contributed by atoms with Crippen molar-refractivity contribution in [3.63, 3.8) is 0 Å². The van der Waals surface area contributed by atoms with Crippen molar-refractivity contribution in [1.82, 2.24) is 4.98 Å². The largest absolute Gasteiger partial charge is 0.389 e. The molecule has 1 aliphatic heterocycles. The summed E-state index contributed by atoms with van der Waals surface area (Å²) in [5.41, 5.74) is 6.15. The number of nitrogens with zero attached hydrogens (tertiary/aromatic N) is 2. The van der Waals surface area contributed by atoms with Crippen LogP contribution in [0.15, 0.2) is 18.3 Å². The summed E-state index contributed by atoms with van der Waals surface area (Å²) in [6.45, 7) is 3.24. The third kappa shape index (κ3) is 2.79. The molecule has 1 amide bonds. The lowest BCUT2D eigenvalue weighted by Crippen LogP contribution is -2.41. The number of hydrogen-bond donors (Lipinski definition) is 2. The number of pyridine rings is 1. The number of aliphatic hydroxyl groups excluding tert-OH is 1. The smallest absolute Gasteiger partial charge is 0.222 e. The summed E-state index contributed by atoms with van der Waals surface area (Å²) in [4.78, 5) is 17.6. The number of nitrogens with two attached hydrogens (primary N) is 1. The Balaban J connectivity index is 2.09. The Morgan fingerprint density at radius 2 is 2.39 bits per heavy atom. The molecule has 18 heavy (non-hydrogen) atoms. The van der Waals surface area contributed by atoms with Gasteiger partial charge in [0.25, 0.3) is 0 Å². The number of hydrogen-bond acceptors (Lipinski definition) is 4. The van der Waals surface area contributed by atoms with Crippen LogP contribution in [0.4, 0.5) is 5.82 Å². The molecular weight excluding hydrogens is 230 g/mol. The van der Waals surface area contributed by atoms with Crippen LogP contribution >= 0.6 is 0 Å². The van der Waals surface area contributed by atoms with Gasteiger partial charge in [0.15, 0.2) is 0 Å². The number of carbonyl (C=O) groups excluding carboxylic acids is 1. The van der Waals surface area contributed by atoms with Gasteiger partial charge in [-0.3, -0.25) is 4.79 Å². The molecule has 0 saturated carbocycles. The predicted molar refractivity (Wildman–Crippen MR) is 69.0 cm³/mol. The van der Waals surface area contributed by atoms with E-state index in [4.69, 9.17) is 5.73 Å². The molecule has 1 saturated heterocycles. The molecule has 0 radical (unpaired) electrons. The topological polar surface area (TPSA) is 79.5 Å². The molecule has 3 N–H and O–H groups in total. The molecule has 0 aromatic carbocycles.